The van der Waals surface area contributed by atoms with Crippen LogP contribution < -0.4 is 15.0 Å². The fraction of sp³-hybridized carbons (Fsp3) is 0.600. The van der Waals surface area contributed by atoms with Gasteiger partial charge in [0.2, 0.25) is 0 Å². The lowest BCUT2D eigenvalue weighted by molar-refractivity contribution is -0.927. The first-order valence-electron chi connectivity index (χ1n) is 9.99. The molecule has 160 valence electrons. The number of benzene rings is 1. The van der Waals surface area contributed by atoms with Gasteiger partial charge in [0.05, 0.1) is 19.4 Å². The van der Waals surface area contributed by atoms with Crippen LogP contribution >= 0.6 is 0 Å². The highest BCUT2D eigenvalue weighted by Gasteiger charge is 2.49. The zero-order valence-corrected chi connectivity index (χ0v) is 18.0. The summed E-state index contributed by atoms with van der Waals surface area (Å²) in [5, 5.41) is 2.84. The van der Waals surface area contributed by atoms with Crippen LogP contribution in [-0.2, 0) is 21.1 Å². The van der Waals surface area contributed by atoms with E-state index in [9.17, 15) is 18.0 Å². The molecule has 2 aliphatic heterocycles. The van der Waals surface area contributed by atoms with Crippen molar-refractivity contribution in [3.63, 3.8) is 0 Å². The van der Waals surface area contributed by atoms with E-state index in [-0.39, 0.29) is 30.1 Å². The lowest BCUT2D eigenvalue weighted by atomic mass is 9.93. The maximum absolute atomic E-state index is 13.0. The molecule has 1 unspecified atom stereocenters. The van der Waals surface area contributed by atoms with E-state index < -0.39 is 21.4 Å². The molecular formula is C20H30N3O5S+. The smallest absolute Gasteiger partial charge is 0.329 e. The number of amides is 3. The number of urea groups is 1. The maximum Gasteiger partial charge on any atom is 0.329 e. The number of carbonyl (C=O) groups excluding carboxylic acids is 2. The van der Waals surface area contributed by atoms with Crippen molar-refractivity contribution in [2.75, 3.05) is 31.8 Å². The van der Waals surface area contributed by atoms with Crippen molar-refractivity contribution in [1.82, 2.24) is 10.2 Å². The highest BCUT2D eigenvalue weighted by Crippen LogP contribution is 2.23. The number of carbonyl (C=O) groups is 2. The number of quaternary nitrogens is 1. The number of methoxy groups -OCH3 is 1. The normalized spacial score (nSPS) is 27.1. The molecule has 0 radical (unpaired) electrons. The summed E-state index contributed by atoms with van der Waals surface area (Å²) >= 11 is 0. The molecule has 3 atom stereocenters. The molecule has 2 fully saturated rings. The molecule has 2 saturated heterocycles. The van der Waals surface area contributed by atoms with Gasteiger partial charge >= 0.3 is 6.03 Å². The van der Waals surface area contributed by atoms with Gasteiger partial charge in [-0.25, -0.2) is 18.1 Å². The third-order valence-corrected chi connectivity index (χ3v) is 7.81. The van der Waals surface area contributed by atoms with Gasteiger partial charge in [-0.2, -0.15) is 0 Å². The van der Waals surface area contributed by atoms with Gasteiger partial charge < -0.3 is 15.0 Å². The summed E-state index contributed by atoms with van der Waals surface area (Å²) in [7, 11) is -1.40. The summed E-state index contributed by atoms with van der Waals surface area (Å²) in [6.07, 6.45) is 1.70. The maximum atomic E-state index is 13.0. The predicted octanol–water partition coefficient (Wildman–Crippen LogP) is -0.0123. The molecule has 8 nitrogen and oxygen atoms in total. The Morgan fingerprint density at radius 2 is 1.97 bits per heavy atom. The number of sulfone groups is 1. The van der Waals surface area contributed by atoms with Gasteiger partial charge in [0.25, 0.3) is 5.91 Å². The van der Waals surface area contributed by atoms with E-state index in [1.165, 1.54) is 4.90 Å². The fourth-order valence-electron chi connectivity index (χ4n) is 4.10. The SMILES string of the molecule is CC[NH+](CN1C(=O)N[C@@](C)(CCc2ccc(OC)cc2)C1=O)[C@@H]1CCS(=O)(=O)C1. The number of nitrogens with one attached hydrogen (secondary N) is 2. The number of nitrogens with zero attached hydrogens (tertiary/aromatic N) is 1. The summed E-state index contributed by atoms with van der Waals surface area (Å²) in [6, 6.07) is 7.17. The van der Waals surface area contributed by atoms with Crippen LogP contribution in [0.3, 0.4) is 0 Å². The summed E-state index contributed by atoms with van der Waals surface area (Å²) < 4.78 is 28.8. The van der Waals surface area contributed by atoms with Gasteiger partial charge in [-0.05, 0) is 44.4 Å². The second kappa shape index (κ2) is 8.31. The van der Waals surface area contributed by atoms with Crippen LogP contribution in [0.1, 0.15) is 32.3 Å². The zero-order valence-electron chi connectivity index (χ0n) is 17.2. The first kappa shape index (κ1) is 21.6. The summed E-state index contributed by atoms with van der Waals surface area (Å²) in [6.45, 7) is 4.54. The van der Waals surface area contributed by atoms with Gasteiger partial charge in [-0.3, -0.25) is 4.79 Å². The zero-order chi connectivity index (χ0) is 21.2. The average Bonchev–Trinajstić information content (AvgIpc) is 3.15. The van der Waals surface area contributed by atoms with E-state index in [0.717, 1.165) is 16.2 Å². The summed E-state index contributed by atoms with van der Waals surface area (Å²) in [5.41, 5.74) is 0.0990. The average molecular weight is 425 g/mol. The topological polar surface area (TPSA) is 97.2 Å². The van der Waals surface area contributed by atoms with Crippen molar-refractivity contribution in [2.24, 2.45) is 0 Å². The van der Waals surface area contributed by atoms with E-state index in [0.29, 0.717) is 25.8 Å². The Morgan fingerprint density at radius 1 is 1.28 bits per heavy atom. The van der Waals surface area contributed by atoms with Crippen LogP contribution in [0.2, 0.25) is 0 Å². The first-order valence-corrected chi connectivity index (χ1v) is 11.8. The molecule has 9 heteroatoms. The number of imide groups is 1. The van der Waals surface area contributed by atoms with E-state index in [1.807, 2.05) is 31.2 Å². The summed E-state index contributed by atoms with van der Waals surface area (Å²) in [5.74, 6) is 0.825. The Bertz CT molecular complexity index is 871. The van der Waals surface area contributed by atoms with Crippen molar-refractivity contribution in [3.05, 3.63) is 29.8 Å². The van der Waals surface area contributed by atoms with Gasteiger partial charge in [0.15, 0.2) is 16.5 Å². The number of hydrogen-bond acceptors (Lipinski definition) is 5. The molecule has 3 amide bonds. The van der Waals surface area contributed by atoms with Crippen molar-refractivity contribution < 1.29 is 27.6 Å². The molecule has 0 saturated carbocycles. The lowest BCUT2D eigenvalue weighted by Gasteiger charge is -2.27. The third-order valence-electron chi connectivity index (χ3n) is 6.04. The van der Waals surface area contributed by atoms with E-state index >= 15 is 0 Å². The molecule has 2 heterocycles. The van der Waals surface area contributed by atoms with E-state index in [2.05, 4.69) is 5.32 Å². The minimum absolute atomic E-state index is 0.0724. The number of rotatable bonds is 8. The Hall–Kier alpha value is -2.13. The van der Waals surface area contributed by atoms with E-state index in [4.69, 9.17) is 4.74 Å². The van der Waals surface area contributed by atoms with Crippen molar-refractivity contribution >= 4 is 21.8 Å². The van der Waals surface area contributed by atoms with Crippen LogP contribution in [0.5, 0.6) is 5.75 Å². The number of aryl methyl sites for hydroxylation is 1. The Kier molecular flexibility index (Phi) is 6.19. The highest BCUT2D eigenvalue weighted by atomic mass is 32.2. The largest absolute Gasteiger partial charge is 0.497 e. The molecule has 1 aromatic carbocycles. The van der Waals surface area contributed by atoms with Crippen LogP contribution in [0, 0.1) is 0 Å². The predicted molar refractivity (Wildman–Crippen MR) is 109 cm³/mol. The second-order valence-corrected chi connectivity index (χ2v) is 10.3. The molecule has 2 N–H and O–H groups in total. The van der Waals surface area contributed by atoms with E-state index in [1.54, 1.807) is 14.0 Å². The molecule has 29 heavy (non-hydrogen) atoms. The molecule has 0 aromatic heterocycles. The Labute approximate surface area is 172 Å². The summed E-state index contributed by atoms with van der Waals surface area (Å²) in [4.78, 5) is 27.8. The molecule has 1 aromatic rings. The molecule has 2 aliphatic rings. The Balaban J connectivity index is 1.64. The minimum atomic E-state index is -3.01. The van der Waals surface area contributed by atoms with Crippen molar-refractivity contribution in [1.29, 1.82) is 0 Å². The van der Waals surface area contributed by atoms with Crippen LogP contribution in [0.15, 0.2) is 24.3 Å². The lowest BCUT2D eigenvalue weighted by Crippen LogP contribution is -3.17. The second-order valence-electron chi connectivity index (χ2n) is 8.11. The van der Waals surface area contributed by atoms with Crippen molar-refractivity contribution in [3.8, 4) is 5.75 Å². The fourth-order valence-corrected chi connectivity index (χ4v) is 5.92. The van der Waals surface area contributed by atoms with Crippen LogP contribution in [0.25, 0.3) is 0 Å². The standard InChI is InChI=1S/C20H29N3O5S/c1-4-22(16-10-12-29(26,27)13-16)14-23-18(24)20(2,21-19(23)25)11-9-15-5-7-17(28-3)8-6-15/h5-8,16H,4,9-14H2,1-3H3,(H,21,25)/p+1/t16-,20+/m1/s1. The minimum Gasteiger partial charge on any atom is -0.497 e. The molecular weight excluding hydrogens is 394 g/mol. The number of ether oxygens (including phenoxy) is 1. The molecule has 0 spiro atoms. The van der Waals surface area contributed by atoms with Crippen molar-refractivity contribution in [2.45, 2.75) is 44.7 Å². The monoisotopic (exact) mass is 424 g/mol. The van der Waals surface area contributed by atoms with Gasteiger partial charge in [0.1, 0.15) is 23.1 Å². The molecule has 3 rings (SSSR count). The van der Waals surface area contributed by atoms with Crippen LogP contribution in [-0.4, -0.2) is 68.7 Å². The quantitative estimate of drug-likeness (QED) is 0.572. The van der Waals surface area contributed by atoms with Gasteiger partial charge in [0, 0.05) is 6.42 Å². The first-order chi connectivity index (χ1) is 13.7. The van der Waals surface area contributed by atoms with Gasteiger partial charge in [-0.1, -0.05) is 12.1 Å². The number of hydrogen-bond donors (Lipinski definition) is 2. The van der Waals surface area contributed by atoms with Crippen LogP contribution in [0.4, 0.5) is 4.79 Å². The Morgan fingerprint density at radius 3 is 2.52 bits per heavy atom. The highest BCUT2D eigenvalue weighted by molar-refractivity contribution is 7.91. The molecule has 0 aliphatic carbocycles. The van der Waals surface area contributed by atoms with Gasteiger partial charge in [-0.15, -0.1) is 0 Å². The third kappa shape index (κ3) is 4.72. The molecule has 0 bridgehead atoms.